The van der Waals surface area contributed by atoms with Gasteiger partial charge in [-0.15, -0.1) is 11.3 Å². The molecule has 88 valence electrons. The Balaban J connectivity index is 1.71. The van der Waals surface area contributed by atoms with E-state index < -0.39 is 0 Å². The molecule has 2 rings (SSSR count). The molecule has 1 aliphatic carbocycles. The molecule has 0 saturated heterocycles. The minimum atomic E-state index is -0.0717. The molecule has 2 N–H and O–H groups in total. The molecule has 1 heterocycles. The molecule has 0 atom stereocenters. The summed E-state index contributed by atoms with van der Waals surface area (Å²) in [5.74, 6) is 0. The van der Waals surface area contributed by atoms with Crippen molar-refractivity contribution in [2.24, 2.45) is 0 Å². The molecule has 1 fully saturated rings. The first-order valence-electron chi connectivity index (χ1n) is 5.69. The van der Waals surface area contributed by atoms with E-state index >= 15 is 0 Å². The Kier molecular flexibility index (Phi) is 3.77. The molecule has 1 aromatic heterocycles. The number of carbonyl (C=O) groups is 1. The van der Waals surface area contributed by atoms with Gasteiger partial charge in [0.1, 0.15) is 0 Å². The van der Waals surface area contributed by atoms with Crippen molar-refractivity contribution < 1.29 is 4.79 Å². The molecule has 16 heavy (non-hydrogen) atoms. The van der Waals surface area contributed by atoms with E-state index in [1.54, 1.807) is 11.3 Å². The zero-order valence-electron chi connectivity index (χ0n) is 9.45. The van der Waals surface area contributed by atoms with E-state index in [9.17, 15) is 4.79 Å². The van der Waals surface area contributed by atoms with E-state index in [1.807, 2.05) is 12.3 Å². The van der Waals surface area contributed by atoms with Crippen molar-refractivity contribution in [3.8, 4) is 0 Å². The summed E-state index contributed by atoms with van der Waals surface area (Å²) in [6.07, 6.45) is 4.69. The van der Waals surface area contributed by atoms with Crippen LogP contribution in [-0.2, 0) is 6.54 Å². The summed E-state index contributed by atoms with van der Waals surface area (Å²) >= 11 is 1.61. The van der Waals surface area contributed by atoms with Gasteiger partial charge in [-0.3, -0.25) is 0 Å². The number of thiazole rings is 1. The van der Waals surface area contributed by atoms with Crippen molar-refractivity contribution in [2.45, 2.75) is 45.2 Å². The quantitative estimate of drug-likeness (QED) is 0.849. The molecule has 0 radical (unpaired) electrons. The van der Waals surface area contributed by atoms with Crippen molar-refractivity contribution in [3.05, 3.63) is 16.1 Å². The lowest BCUT2D eigenvalue weighted by Crippen LogP contribution is -2.40. The Morgan fingerprint density at radius 1 is 1.56 bits per heavy atom. The van der Waals surface area contributed by atoms with Crippen LogP contribution in [0.4, 0.5) is 4.79 Å². The van der Waals surface area contributed by atoms with Crippen LogP contribution in [0, 0.1) is 6.92 Å². The Morgan fingerprint density at radius 2 is 2.31 bits per heavy atom. The third-order valence-corrected chi connectivity index (χ3v) is 3.61. The second kappa shape index (κ2) is 5.30. The highest BCUT2D eigenvalue weighted by Gasteiger charge is 2.16. The number of rotatable bonds is 3. The Labute approximate surface area is 99.5 Å². The first-order chi connectivity index (χ1) is 7.74. The summed E-state index contributed by atoms with van der Waals surface area (Å²) in [4.78, 5) is 15.8. The molecule has 4 nitrogen and oxygen atoms in total. The molecule has 1 aromatic rings. The number of carbonyl (C=O) groups excluding carboxylic acids is 1. The summed E-state index contributed by atoms with van der Waals surface area (Å²) in [6.45, 7) is 2.48. The van der Waals surface area contributed by atoms with E-state index in [4.69, 9.17) is 0 Å². The minimum Gasteiger partial charge on any atom is -0.335 e. The predicted molar refractivity (Wildman–Crippen MR) is 64.5 cm³/mol. The van der Waals surface area contributed by atoms with E-state index in [2.05, 4.69) is 15.6 Å². The first kappa shape index (κ1) is 11.4. The zero-order chi connectivity index (χ0) is 11.4. The number of urea groups is 1. The Bertz CT molecular complexity index is 358. The SMILES string of the molecule is Cc1nc(CNC(=O)NC2CCCC2)cs1. The van der Waals surface area contributed by atoms with Crippen molar-refractivity contribution in [2.75, 3.05) is 0 Å². The number of nitrogens with one attached hydrogen (secondary N) is 2. The average molecular weight is 239 g/mol. The monoisotopic (exact) mass is 239 g/mol. The van der Waals surface area contributed by atoms with Gasteiger partial charge in [-0.1, -0.05) is 12.8 Å². The number of aryl methyl sites for hydroxylation is 1. The maximum atomic E-state index is 11.5. The summed E-state index contributed by atoms with van der Waals surface area (Å²) in [5.41, 5.74) is 0.934. The van der Waals surface area contributed by atoms with Gasteiger partial charge in [0.25, 0.3) is 0 Å². The Morgan fingerprint density at radius 3 is 2.94 bits per heavy atom. The Hall–Kier alpha value is -1.10. The van der Waals surface area contributed by atoms with Crippen molar-refractivity contribution in [1.29, 1.82) is 0 Å². The first-order valence-corrected chi connectivity index (χ1v) is 6.57. The molecule has 1 aliphatic rings. The van der Waals surface area contributed by atoms with E-state index in [0.717, 1.165) is 23.5 Å². The summed E-state index contributed by atoms with van der Waals surface area (Å²) in [5, 5.41) is 8.83. The summed E-state index contributed by atoms with van der Waals surface area (Å²) < 4.78 is 0. The van der Waals surface area contributed by atoms with E-state index in [1.165, 1.54) is 12.8 Å². The van der Waals surface area contributed by atoms with Gasteiger partial charge in [0.15, 0.2) is 0 Å². The largest absolute Gasteiger partial charge is 0.335 e. The predicted octanol–water partition coefficient (Wildman–Crippen LogP) is 2.19. The number of aromatic nitrogens is 1. The van der Waals surface area contributed by atoms with Crippen LogP contribution in [0.5, 0.6) is 0 Å². The molecule has 5 heteroatoms. The smallest absolute Gasteiger partial charge is 0.315 e. The van der Waals surface area contributed by atoms with Gasteiger partial charge in [0.2, 0.25) is 0 Å². The number of hydrogen-bond donors (Lipinski definition) is 2. The molecule has 0 aromatic carbocycles. The molecular weight excluding hydrogens is 222 g/mol. The highest BCUT2D eigenvalue weighted by atomic mass is 32.1. The third kappa shape index (κ3) is 3.20. The maximum absolute atomic E-state index is 11.5. The van der Waals surface area contributed by atoms with Gasteiger partial charge in [-0.2, -0.15) is 0 Å². The molecule has 0 unspecified atom stereocenters. The minimum absolute atomic E-state index is 0.0717. The maximum Gasteiger partial charge on any atom is 0.315 e. The lowest BCUT2D eigenvalue weighted by Gasteiger charge is -2.12. The van der Waals surface area contributed by atoms with Gasteiger partial charge in [0.05, 0.1) is 17.2 Å². The highest BCUT2D eigenvalue weighted by Crippen LogP contribution is 2.17. The van der Waals surface area contributed by atoms with Gasteiger partial charge < -0.3 is 10.6 Å². The molecule has 0 spiro atoms. The van der Waals surface area contributed by atoms with Crippen LogP contribution in [0.25, 0.3) is 0 Å². The standard InChI is InChI=1S/C11H17N3OS/c1-8-13-10(7-16-8)6-12-11(15)14-9-4-2-3-5-9/h7,9H,2-6H2,1H3,(H2,12,14,15). The van der Waals surface area contributed by atoms with Crippen LogP contribution in [0.3, 0.4) is 0 Å². The summed E-state index contributed by atoms with van der Waals surface area (Å²) in [6, 6.07) is 0.301. The number of nitrogens with zero attached hydrogens (tertiary/aromatic N) is 1. The van der Waals surface area contributed by atoms with E-state index in [0.29, 0.717) is 12.6 Å². The zero-order valence-corrected chi connectivity index (χ0v) is 10.3. The van der Waals surface area contributed by atoms with Crippen molar-refractivity contribution in [1.82, 2.24) is 15.6 Å². The molecule has 0 bridgehead atoms. The van der Waals surface area contributed by atoms with Crippen LogP contribution in [0.15, 0.2) is 5.38 Å². The molecule has 1 saturated carbocycles. The van der Waals surface area contributed by atoms with Crippen LogP contribution in [-0.4, -0.2) is 17.1 Å². The lowest BCUT2D eigenvalue weighted by atomic mass is 10.2. The van der Waals surface area contributed by atoms with Crippen LogP contribution in [0.1, 0.15) is 36.4 Å². The van der Waals surface area contributed by atoms with Crippen molar-refractivity contribution in [3.63, 3.8) is 0 Å². The summed E-state index contributed by atoms with van der Waals surface area (Å²) in [7, 11) is 0. The third-order valence-electron chi connectivity index (χ3n) is 2.79. The van der Waals surface area contributed by atoms with Gasteiger partial charge in [0, 0.05) is 11.4 Å². The van der Waals surface area contributed by atoms with Gasteiger partial charge in [-0.25, -0.2) is 9.78 Å². The normalized spacial score (nSPS) is 16.3. The fraction of sp³-hybridized carbons (Fsp3) is 0.636. The highest BCUT2D eigenvalue weighted by molar-refractivity contribution is 7.09. The van der Waals surface area contributed by atoms with Gasteiger partial charge in [-0.05, 0) is 19.8 Å². The molecule has 0 aliphatic heterocycles. The fourth-order valence-electron chi connectivity index (χ4n) is 1.97. The number of amides is 2. The van der Waals surface area contributed by atoms with Crippen LogP contribution < -0.4 is 10.6 Å². The molecular formula is C11H17N3OS. The second-order valence-corrected chi connectivity index (χ2v) is 5.23. The lowest BCUT2D eigenvalue weighted by molar-refractivity contribution is 0.236. The van der Waals surface area contributed by atoms with Crippen molar-refractivity contribution >= 4 is 17.4 Å². The van der Waals surface area contributed by atoms with Gasteiger partial charge >= 0.3 is 6.03 Å². The van der Waals surface area contributed by atoms with Crippen LogP contribution >= 0.6 is 11.3 Å². The second-order valence-electron chi connectivity index (χ2n) is 4.17. The van der Waals surface area contributed by atoms with Crippen LogP contribution in [0.2, 0.25) is 0 Å². The van der Waals surface area contributed by atoms with E-state index in [-0.39, 0.29) is 6.03 Å². The average Bonchev–Trinajstić information content (AvgIpc) is 2.87. The molecule has 2 amide bonds. The topological polar surface area (TPSA) is 54.0 Å². The number of hydrogen-bond acceptors (Lipinski definition) is 3. The fourth-order valence-corrected chi connectivity index (χ4v) is 2.58.